The lowest BCUT2D eigenvalue weighted by Gasteiger charge is -2.35. The summed E-state index contributed by atoms with van der Waals surface area (Å²) in [5.74, 6) is 1.06. The van der Waals surface area contributed by atoms with Crippen LogP contribution in [0.2, 0.25) is 5.02 Å². The fourth-order valence-electron chi connectivity index (χ4n) is 3.25. The van der Waals surface area contributed by atoms with Gasteiger partial charge in [-0.3, -0.25) is 4.21 Å². The van der Waals surface area contributed by atoms with Crippen molar-refractivity contribution in [1.82, 2.24) is 0 Å². The molecule has 0 aromatic heterocycles. The standard InChI is InChI=1S/C16H24ClNOS/c1-2-5-12-8-9-13(11-18)16(10-12)20(19)15-7-4-3-6-14(15)17/h3-4,6-7,12-13,16H,2,5,8-11,18H2,1H3. The van der Waals surface area contributed by atoms with Gasteiger partial charge in [-0.25, -0.2) is 0 Å². The molecule has 0 bridgehead atoms. The molecule has 0 saturated heterocycles. The van der Waals surface area contributed by atoms with Crippen LogP contribution in [0.4, 0.5) is 0 Å². The average molecular weight is 314 g/mol. The second-order valence-electron chi connectivity index (χ2n) is 5.73. The molecule has 0 spiro atoms. The monoisotopic (exact) mass is 313 g/mol. The minimum Gasteiger partial charge on any atom is -0.330 e. The Balaban J connectivity index is 2.18. The van der Waals surface area contributed by atoms with Crippen LogP contribution in [0, 0.1) is 11.8 Å². The summed E-state index contributed by atoms with van der Waals surface area (Å²) in [6, 6.07) is 7.49. The number of nitrogens with two attached hydrogens (primary N) is 1. The fraction of sp³-hybridized carbons (Fsp3) is 0.625. The average Bonchev–Trinajstić information content (AvgIpc) is 2.47. The van der Waals surface area contributed by atoms with E-state index in [0.717, 1.165) is 17.7 Å². The van der Waals surface area contributed by atoms with Gasteiger partial charge in [0.15, 0.2) is 0 Å². The van der Waals surface area contributed by atoms with Crippen molar-refractivity contribution in [2.24, 2.45) is 17.6 Å². The highest BCUT2D eigenvalue weighted by atomic mass is 35.5. The van der Waals surface area contributed by atoms with E-state index < -0.39 is 10.8 Å². The summed E-state index contributed by atoms with van der Waals surface area (Å²) >= 11 is 6.20. The lowest BCUT2D eigenvalue weighted by atomic mass is 9.80. The zero-order chi connectivity index (χ0) is 14.5. The molecule has 1 saturated carbocycles. The van der Waals surface area contributed by atoms with Crippen LogP contribution in [-0.2, 0) is 10.8 Å². The Hall–Kier alpha value is -0.380. The van der Waals surface area contributed by atoms with Crippen LogP contribution in [0.1, 0.15) is 39.0 Å². The molecule has 0 heterocycles. The Labute approximate surface area is 129 Å². The maximum Gasteiger partial charge on any atom is 0.0579 e. The molecule has 1 aliphatic rings. The van der Waals surface area contributed by atoms with Crippen LogP contribution in [0.5, 0.6) is 0 Å². The quantitative estimate of drug-likeness (QED) is 0.893. The van der Waals surface area contributed by atoms with Gasteiger partial charge >= 0.3 is 0 Å². The summed E-state index contributed by atoms with van der Waals surface area (Å²) in [6.45, 7) is 2.84. The van der Waals surface area contributed by atoms with Gasteiger partial charge in [-0.05, 0) is 43.4 Å². The highest BCUT2D eigenvalue weighted by Gasteiger charge is 2.34. The first-order chi connectivity index (χ1) is 9.67. The first-order valence-corrected chi connectivity index (χ1v) is 9.11. The zero-order valence-corrected chi connectivity index (χ0v) is 13.6. The molecule has 2 rings (SSSR count). The minimum atomic E-state index is -1.05. The Kier molecular flexibility index (Phi) is 6.06. The van der Waals surface area contributed by atoms with E-state index in [4.69, 9.17) is 17.3 Å². The number of hydrogen-bond acceptors (Lipinski definition) is 2. The molecule has 0 radical (unpaired) electrons. The first kappa shape index (κ1) is 16.0. The van der Waals surface area contributed by atoms with Gasteiger partial charge < -0.3 is 5.73 Å². The number of hydrogen-bond donors (Lipinski definition) is 1. The van der Waals surface area contributed by atoms with Gasteiger partial charge in [-0.2, -0.15) is 0 Å². The predicted molar refractivity (Wildman–Crippen MR) is 86.4 cm³/mol. The van der Waals surface area contributed by atoms with Crippen molar-refractivity contribution in [3.05, 3.63) is 29.3 Å². The van der Waals surface area contributed by atoms with Crippen molar-refractivity contribution in [2.75, 3.05) is 6.54 Å². The van der Waals surface area contributed by atoms with Crippen LogP contribution in [-0.4, -0.2) is 16.0 Å². The van der Waals surface area contributed by atoms with E-state index in [-0.39, 0.29) is 5.25 Å². The molecule has 4 unspecified atom stereocenters. The van der Waals surface area contributed by atoms with E-state index >= 15 is 0 Å². The van der Waals surface area contributed by atoms with Gasteiger partial charge in [0.2, 0.25) is 0 Å². The zero-order valence-electron chi connectivity index (χ0n) is 12.1. The van der Waals surface area contributed by atoms with E-state index in [0.29, 0.717) is 23.4 Å². The summed E-state index contributed by atoms with van der Waals surface area (Å²) in [5.41, 5.74) is 5.90. The number of rotatable bonds is 5. The lowest BCUT2D eigenvalue weighted by Crippen LogP contribution is -2.37. The summed E-state index contributed by atoms with van der Waals surface area (Å²) in [5, 5.41) is 0.768. The summed E-state index contributed by atoms with van der Waals surface area (Å²) in [4.78, 5) is 0.773. The molecule has 2 nitrogen and oxygen atoms in total. The maximum absolute atomic E-state index is 12.9. The van der Waals surface area contributed by atoms with Gasteiger partial charge in [0.05, 0.1) is 20.7 Å². The normalized spacial score (nSPS) is 28.2. The third-order valence-corrected chi connectivity index (χ3v) is 6.72. The molecule has 1 aliphatic carbocycles. The Morgan fingerprint density at radius 2 is 2.10 bits per heavy atom. The molecule has 1 aromatic rings. The summed E-state index contributed by atoms with van der Waals surface area (Å²) in [6.07, 6.45) is 5.78. The third kappa shape index (κ3) is 3.63. The third-order valence-electron chi connectivity index (χ3n) is 4.37. The Bertz CT molecular complexity index is 466. The van der Waals surface area contributed by atoms with E-state index in [9.17, 15) is 4.21 Å². The SMILES string of the molecule is CCCC1CCC(CN)C(S(=O)c2ccccc2Cl)C1. The Morgan fingerprint density at radius 3 is 2.75 bits per heavy atom. The van der Waals surface area contributed by atoms with Crippen molar-refractivity contribution in [1.29, 1.82) is 0 Å². The summed E-state index contributed by atoms with van der Waals surface area (Å²) in [7, 11) is -1.05. The molecule has 0 aliphatic heterocycles. The van der Waals surface area contributed by atoms with Gasteiger partial charge in [0.1, 0.15) is 0 Å². The second kappa shape index (κ2) is 7.58. The topological polar surface area (TPSA) is 43.1 Å². The van der Waals surface area contributed by atoms with Crippen molar-refractivity contribution in [2.45, 2.75) is 49.2 Å². The molecular weight excluding hydrogens is 290 g/mol. The fourth-order valence-corrected chi connectivity index (χ4v) is 5.45. The van der Waals surface area contributed by atoms with E-state index in [1.165, 1.54) is 19.3 Å². The van der Waals surface area contributed by atoms with Crippen LogP contribution in [0.25, 0.3) is 0 Å². The smallest absolute Gasteiger partial charge is 0.0579 e. The minimum absolute atomic E-state index is 0.158. The molecule has 0 amide bonds. The number of halogens is 1. The van der Waals surface area contributed by atoms with Crippen LogP contribution >= 0.6 is 11.6 Å². The van der Waals surface area contributed by atoms with Gasteiger partial charge in [-0.15, -0.1) is 0 Å². The van der Waals surface area contributed by atoms with Gasteiger partial charge in [-0.1, -0.05) is 49.9 Å². The molecule has 4 atom stereocenters. The van der Waals surface area contributed by atoms with Crippen LogP contribution in [0.3, 0.4) is 0 Å². The molecule has 20 heavy (non-hydrogen) atoms. The van der Waals surface area contributed by atoms with Crippen molar-refractivity contribution in [3.8, 4) is 0 Å². The molecular formula is C16H24ClNOS. The molecule has 2 N–H and O–H groups in total. The van der Waals surface area contributed by atoms with Crippen LogP contribution < -0.4 is 5.73 Å². The molecule has 1 aromatic carbocycles. The number of benzene rings is 1. The highest BCUT2D eigenvalue weighted by molar-refractivity contribution is 7.85. The second-order valence-corrected chi connectivity index (χ2v) is 7.78. The maximum atomic E-state index is 12.9. The van der Waals surface area contributed by atoms with Crippen LogP contribution in [0.15, 0.2) is 29.2 Å². The predicted octanol–water partition coefficient (Wildman–Crippen LogP) is 3.99. The van der Waals surface area contributed by atoms with Crippen molar-refractivity contribution >= 4 is 22.4 Å². The lowest BCUT2D eigenvalue weighted by molar-refractivity contribution is 0.272. The summed E-state index contributed by atoms with van der Waals surface area (Å²) < 4.78 is 12.9. The molecule has 1 fully saturated rings. The Morgan fingerprint density at radius 1 is 1.35 bits per heavy atom. The van der Waals surface area contributed by atoms with E-state index in [1.807, 2.05) is 24.3 Å². The molecule has 4 heteroatoms. The van der Waals surface area contributed by atoms with Gasteiger partial charge in [0.25, 0.3) is 0 Å². The molecule has 112 valence electrons. The van der Waals surface area contributed by atoms with E-state index in [1.54, 1.807) is 0 Å². The van der Waals surface area contributed by atoms with Crippen molar-refractivity contribution < 1.29 is 4.21 Å². The largest absolute Gasteiger partial charge is 0.330 e. The first-order valence-electron chi connectivity index (χ1n) is 7.52. The highest BCUT2D eigenvalue weighted by Crippen LogP contribution is 2.37. The van der Waals surface area contributed by atoms with Gasteiger partial charge in [0, 0.05) is 5.25 Å². The van der Waals surface area contributed by atoms with E-state index in [2.05, 4.69) is 6.92 Å². The van der Waals surface area contributed by atoms with Crippen molar-refractivity contribution in [3.63, 3.8) is 0 Å².